The van der Waals surface area contributed by atoms with Crippen LogP contribution in [0.2, 0.25) is 0 Å². The molecule has 0 radical (unpaired) electrons. The predicted molar refractivity (Wildman–Crippen MR) is 87.5 cm³/mol. The summed E-state index contributed by atoms with van der Waals surface area (Å²) in [6.07, 6.45) is -0.118. The summed E-state index contributed by atoms with van der Waals surface area (Å²) in [6.45, 7) is 0. The largest absolute Gasteiger partial charge is 0.480 e. The number of carboxylic acids is 1. The summed E-state index contributed by atoms with van der Waals surface area (Å²) in [5, 5.41) is 11.6. The Hall–Kier alpha value is -2.28. The van der Waals surface area contributed by atoms with Crippen LogP contribution in [0.25, 0.3) is 0 Å². The van der Waals surface area contributed by atoms with E-state index >= 15 is 0 Å². The molecule has 126 valence electrons. The van der Waals surface area contributed by atoms with Crippen molar-refractivity contribution in [3.05, 3.63) is 69.7 Å². The first-order chi connectivity index (χ1) is 11.3. The van der Waals surface area contributed by atoms with E-state index in [1.54, 1.807) is 24.3 Å². The summed E-state index contributed by atoms with van der Waals surface area (Å²) >= 11 is 3.29. The van der Waals surface area contributed by atoms with Crippen LogP contribution in [0, 0.1) is 11.6 Å². The van der Waals surface area contributed by atoms with Crippen LogP contribution in [0.4, 0.5) is 8.78 Å². The minimum absolute atomic E-state index is 0.117. The Morgan fingerprint density at radius 1 is 1.04 bits per heavy atom. The molecule has 2 aromatic carbocycles. The molecule has 1 amide bonds. The molecule has 2 aromatic rings. The van der Waals surface area contributed by atoms with Crippen molar-refractivity contribution < 1.29 is 23.5 Å². The highest BCUT2D eigenvalue weighted by atomic mass is 79.9. The number of halogens is 3. The number of hydrogen-bond donors (Lipinski definition) is 2. The zero-order valence-electron chi connectivity index (χ0n) is 12.4. The fourth-order valence-electron chi connectivity index (χ4n) is 2.14. The normalized spacial score (nSPS) is 11.8. The number of rotatable bonds is 6. The Kier molecular flexibility index (Phi) is 6.03. The minimum atomic E-state index is -1.17. The number of benzene rings is 2. The lowest BCUT2D eigenvalue weighted by Crippen LogP contribution is -2.43. The second kappa shape index (κ2) is 8.01. The van der Waals surface area contributed by atoms with Gasteiger partial charge in [0.1, 0.15) is 6.04 Å². The van der Waals surface area contributed by atoms with Crippen LogP contribution in [-0.2, 0) is 22.4 Å². The minimum Gasteiger partial charge on any atom is -0.480 e. The average Bonchev–Trinajstić information content (AvgIpc) is 2.52. The van der Waals surface area contributed by atoms with Gasteiger partial charge in [-0.25, -0.2) is 13.6 Å². The highest BCUT2D eigenvalue weighted by Crippen LogP contribution is 2.13. The highest BCUT2D eigenvalue weighted by Gasteiger charge is 2.20. The number of amides is 1. The van der Waals surface area contributed by atoms with Gasteiger partial charge in [-0.2, -0.15) is 0 Å². The van der Waals surface area contributed by atoms with Crippen molar-refractivity contribution in [2.24, 2.45) is 0 Å². The lowest BCUT2D eigenvalue weighted by Gasteiger charge is -2.15. The van der Waals surface area contributed by atoms with Crippen molar-refractivity contribution in [3.63, 3.8) is 0 Å². The van der Waals surface area contributed by atoms with Crippen LogP contribution in [-0.4, -0.2) is 23.0 Å². The predicted octanol–water partition coefficient (Wildman–Crippen LogP) is 3.08. The molecular weight excluding hydrogens is 384 g/mol. The topological polar surface area (TPSA) is 66.4 Å². The van der Waals surface area contributed by atoms with Gasteiger partial charge in [-0.15, -0.1) is 0 Å². The molecule has 4 nitrogen and oxygen atoms in total. The molecule has 7 heteroatoms. The zero-order valence-corrected chi connectivity index (χ0v) is 14.0. The van der Waals surface area contributed by atoms with E-state index in [0.29, 0.717) is 0 Å². The highest BCUT2D eigenvalue weighted by molar-refractivity contribution is 9.10. The number of aliphatic carboxylic acids is 1. The van der Waals surface area contributed by atoms with Gasteiger partial charge in [0.2, 0.25) is 5.91 Å². The van der Waals surface area contributed by atoms with Crippen LogP contribution in [0.5, 0.6) is 0 Å². The van der Waals surface area contributed by atoms with E-state index in [1.807, 2.05) is 0 Å². The van der Waals surface area contributed by atoms with Gasteiger partial charge in [-0.05, 0) is 35.4 Å². The molecule has 0 aliphatic rings. The third-order valence-corrected chi connectivity index (χ3v) is 3.86. The Labute approximate surface area is 145 Å². The van der Waals surface area contributed by atoms with Crippen LogP contribution in [0.15, 0.2) is 46.9 Å². The molecule has 0 fully saturated rings. The van der Waals surface area contributed by atoms with E-state index in [9.17, 15) is 23.5 Å². The van der Waals surface area contributed by atoms with Crippen LogP contribution >= 0.6 is 15.9 Å². The van der Waals surface area contributed by atoms with Crippen molar-refractivity contribution in [3.8, 4) is 0 Å². The summed E-state index contributed by atoms with van der Waals surface area (Å²) in [6, 6.07) is 9.07. The van der Waals surface area contributed by atoms with Crippen LogP contribution < -0.4 is 5.32 Å². The molecule has 2 rings (SSSR count). The first-order valence-corrected chi connectivity index (χ1v) is 7.85. The SMILES string of the molecule is O=C(Cc1ccc(F)c(F)c1)N[C@H](Cc1ccc(Br)cc1)C(=O)O. The number of carbonyl (C=O) groups is 2. The molecule has 0 unspecified atom stereocenters. The molecule has 0 aromatic heterocycles. The molecule has 0 heterocycles. The van der Waals surface area contributed by atoms with Gasteiger partial charge >= 0.3 is 5.97 Å². The van der Waals surface area contributed by atoms with E-state index in [0.717, 1.165) is 22.2 Å². The van der Waals surface area contributed by atoms with Gasteiger partial charge in [-0.1, -0.05) is 34.1 Å². The van der Waals surface area contributed by atoms with Crippen molar-refractivity contribution >= 4 is 27.8 Å². The van der Waals surface area contributed by atoms with Crippen LogP contribution in [0.1, 0.15) is 11.1 Å². The first-order valence-electron chi connectivity index (χ1n) is 7.05. The maximum absolute atomic E-state index is 13.1. The van der Waals surface area contributed by atoms with Gasteiger partial charge in [0, 0.05) is 10.9 Å². The fraction of sp³-hybridized carbons (Fsp3) is 0.176. The van der Waals surface area contributed by atoms with Gasteiger partial charge in [0.25, 0.3) is 0 Å². The first kappa shape index (κ1) is 18.1. The summed E-state index contributed by atoms with van der Waals surface area (Å²) in [5.74, 6) is -3.80. The monoisotopic (exact) mass is 397 g/mol. The van der Waals surface area contributed by atoms with E-state index in [1.165, 1.54) is 6.07 Å². The third-order valence-electron chi connectivity index (χ3n) is 3.34. The van der Waals surface area contributed by atoms with E-state index in [-0.39, 0.29) is 18.4 Å². The van der Waals surface area contributed by atoms with Crippen molar-refractivity contribution in [2.75, 3.05) is 0 Å². The Morgan fingerprint density at radius 2 is 1.67 bits per heavy atom. The maximum atomic E-state index is 13.1. The molecule has 0 aliphatic carbocycles. The quantitative estimate of drug-likeness (QED) is 0.786. The number of carboxylic acid groups (broad SMARTS) is 1. The summed E-state index contributed by atoms with van der Waals surface area (Å²) in [4.78, 5) is 23.3. The molecule has 2 N–H and O–H groups in total. The molecule has 0 saturated carbocycles. The fourth-order valence-corrected chi connectivity index (χ4v) is 2.40. The Balaban J connectivity index is 2.01. The summed E-state index contributed by atoms with van der Waals surface area (Å²) in [5.41, 5.74) is 1.01. The van der Waals surface area contributed by atoms with Crippen molar-refractivity contribution in [1.29, 1.82) is 0 Å². The molecule has 24 heavy (non-hydrogen) atoms. The number of hydrogen-bond acceptors (Lipinski definition) is 2. The summed E-state index contributed by atoms with van der Waals surface area (Å²) < 4.78 is 26.9. The smallest absolute Gasteiger partial charge is 0.326 e. The number of nitrogens with one attached hydrogen (secondary N) is 1. The van der Waals surface area contributed by atoms with Gasteiger partial charge in [0.15, 0.2) is 11.6 Å². The third kappa shape index (κ3) is 5.13. The van der Waals surface area contributed by atoms with Crippen molar-refractivity contribution in [1.82, 2.24) is 5.32 Å². The lowest BCUT2D eigenvalue weighted by molar-refractivity contribution is -0.141. The lowest BCUT2D eigenvalue weighted by atomic mass is 10.1. The molecule has 0 spiro atoms. The molecule has 1 atom stereocenters. The van der Waals surface area contributed by atoms with Crippen LogP contribution in [0.3, 0.4) is 0 Å². The standard InChI is InChI=1S/C17H14BrF2NO3/c18-12-4-1-10(2-5-12)8-15(17(23)24)21-16(22)9-11-3-6-13(19)14(20)7-11/h1-7,15H,8-9H2,(H,21,22)(H,23,24)/t15-/m1/s1. The molecule has 0 saturated heterocycles. The zero-order chi connectivity index (χ0) is 17.7. The van der Waals surface area contributed by atoms with E-state index in [2.05, 4.69) is 21.2 Å². The van der Waals surface area contributed by atoms with E-state index < -0.39 is 29.6 Å². The van der Waals surface area contributed by atoms with Gasteiger partial charge < -0.3 is 10.4 Å². The second-order valence-electron chi connectivity index (χ2n) is 5.21. The Morgan fingerprint density at radius 3 is 2.25 bits per heavy atom. The molecule has 0 bridgehead atoms. The maximum Gasteiger partial charge on any atom is 0.326 e. The molecular formula is C17H14BrF2NO3. The molecule has 0 aliphatic heterocycles. The van der Waals surface area contributed by atoms with E-state index in [4.69, 9.17) is 0 Å². The average molecular weight is 398 g/mol. The second-order valence-corrected chi connectivity index (χ2v) is 6.13. The number of carbonyl (C=O) groups excluding carboxylic acids is 1. The Bertz CT molecular complexity index is 750. The van der Waals surface area contributed by atoms with Gasteiger partial charge in [0.05, 0.1) is 6.42 Å². The summed E-state index contributed by atoms with van der Waals surface area (Å²) in [7, 11) is 0. The van der Waals surface area contributed by atoms with Gasteiger partial charge in [-0.3, -0.25) is 4.79 Å². The van der Waals surface area contributed by atoms with Crippen molar-refractivity contribution in [2.45, 2.75) is 18.9 Å².